The summed E-state index contributed by atoms with van der Waals surface area (Å²) < 4.78 is 32.7. The van der Waals surface area contributed by atoms with Crippen molar-refractivity contribution in [1.29, 1.82) is 0 Å². The number of nitrogens with one attached hydrogen (secondary N) is 1. The van der Waals surface area contributed by atoms with Crippen LogP contribution in [0.1, 0.15) is 35.3 Å². The fourth-order valence-electron chi connectivity index (χ4n) is 3.69. The second kappa shape index (κ2) is 10.4. The van der Waals surface area contributed by atoms with E-state index in [-0.39, 0.29) is 10.8 Å². The first-order valence-corrected chi connectivity index (χ1v) is 12.1. The number of nitrogens with zero attached hydrogens (tertiary/aromatic N) is 2. The molecule has 0 bridgehead atoms. The molecule has 0 radical (unpaired) electrons. The lowest BCUT2D eigenvalue weighted by Gasteiger charge is -2.26. The molecule has 1 saturated heterocycles. The van der Waals surface area contributed by atoms with Gasteiger partial charge in [0.05, 0.1) is 18.1 Å². The lowest BCUT2D eigenvalue weighted by molar-refractivity contribution is 0.0342. The molecule has 0 aromatic heterocycles. The maximum Gasteiger partial charge on any atom is 0.255 e. The first-order chi connectivity index (χ1) is 14.8. The molecule has 0 unspecified atom stereocenters. The molecule has 31 heavy (non-hydrogen) atoms. The van der Waals surface area contributed by atoms with Crippen LogP contribution in [0.15, 0.2) is 47.4 Å². The van der Waals surface area contributed by atoms with Crippen LogP contribution in [0, 0.1) is 6.92 Å². The van der Waals surface area contributed by atoms with Crippen molar-refractivity contribution in [3.63, 3.8) is 0 Å². The molecule has 0 aliphatic carbocycles. The van der Waals surface area contributed by atoms with Crippen LogP contribution < -0.4 is 5.32 Å². The van der Waals surface area contributed by atoms with Crippen molar-refractivity contribution in [2.24, 2.45) is 0 Å². The molecular weight excluding hydrogens is 414 g/mol. The highest BCUT2D eigenvalue weighted by atomic mass is 32.2. The number of hydrogen-bond donors (Lipinski definition) is 1. The molecule has 1 fully saturated rings. The number of hydrogen-bond acceptors (Lipinski definition) is 5. The number of ether oxygens (including phenoxy) is 1. The minimum absolute atomic E-state index is 0.218. The van der Waals surface area contributed by atoms with E-state index in [9.17, 15) is 13.2 Å². The zero-order valence-corrected chi connectivity index (χ0v) is 19.2. The normalized spacial score (nSPS) is 15.2. The summed E-state index contributed by atoms with van der Waals surface area (Å²) in [6.45, 7) is 10.2. The Morgan fingerprint density at radius 1 is 1.10 bits per heavy atom. The van der Waals surface area contributed by atoms with E-state index < -0.39 is 10.0 Å². The van der Waals surface area contributed by atoms with E-state index in [1.165, 1.54) is 4.31 Å². The summed E-state index contributed by atoms with van der Waals surface area (Å²) in [5.41, 5.74) is 2.71. The van der Waals surface area contributed by atoms with E-state index in [0.29, 0.717) is 29.9 Å². The van der Waals surface area contributed by atoms with E-state index >= 15 is 0 Å². The number of morpholine rings is 1. The number of carbonyl (C=O) groups excluding carboxylic acids is 1. The van der Waals surface area contributed by atoms with Crippen molar-refractivity contribution in [1.82, 2.24) is 9.21 Å². The molecule has 2 aromatic rings. The summed E-state index contributed by atoms with van der Waals surface area (Å²) in [7, 11) is -3.61. The molecule has 0 atom stereocenters. The van der Waals surface area contributed by atoms with Crippen molar-refractivity contribution >= 4 is 21.6 Å². The molecule has 1 heterocycles. The zero-order valence-electron chi connectivity index (χ0n) is 18.4. The molecule has 2 aromatic carbocycles. The molecule has 3 rings (SSSR count). The fourth-order valence-corrected chi connectivity index (χ4v) is 5.40. The van der Waals surface area contributed by atoms with Crippen LogP contribution >= 0.6 is 0 Å². The topological polar surface area (TPSA) is 79.0 Å². The summed E-state index contributed by atoms with van der Waals surface area (Å²) >= 11 is 0. The van der Waals surface area contributed by atoms with Gasteiger partial charge >= 0.3 is 0 Å². The molecule has 0 saturated carbocycles. The summed E-state index contributed by atoms with van der Waals surface area (Å²) in [6.07, 6.45) is 0. The van der Waals surface area contributed by atoms with Gasteiger partial charge in [0.25, 0.3) is 5.91 Å². The van der Waals surface area contributed by atoms with Crippen molar-refractivity contribution in [2.75, 3.05) is 44.7 Å². The Bertz CT molecular complexity index is 1010. The number of anilines is 1. The lowest BCUT2D eigenvalue weighted by Crippen LogP contribution is -2.35. The van der Waals surface area contributed by atoms with Gasteiger partial charge in [-0.25, -0.2) is 8.42 Å². The first kappa shape index (κ1) is 23.4. The van der Waals surface area contributed by atoms with Gasteiger partial charge in [0, 0.05) is 44.0 Å². The largest absolute Gasteiger partial charge is 0.379 e. The predicted molar refractivity (Wildman–Crippen MR) is 122 cm³/mol. The Hall–Kier alpha value is -2.26. The smallest absolute Gasteiger partial charge is 0.255 e. The molecule has 0 spiro atoms. The Morgan fingerprint density at radius 2 is 1.81 bits per heavy atom. The highest BCUT2D eigenvalue weighted by molar-refractivity contribution is 7.89. The second-order valence-corrected chi connectivity index (χ2v) is 9.52. The molecule has 1 amide bonds. The van der Waals surface area contributed by atoms with Gasteiger partial charge in [0.15, 0.2) is 0 Å². The van der Waals surface area contributed by atoms with Crippen molar-refractivity contribution in [3.8, 4) is 0 Å². The van der Waals surface area contributed by atoms with E-state index in [4.69, 9.17) is 4.74 Å². The first-order valence-electron chi connectivity index (χ1n) is 10.7. The standard InChI is InChI=1S/C23H31N3O4S/c1-4-26(5-2)31(28,29)22-16-21(10-9-18(22)3)24-23(27)20-8-6-7-19(15-20)17-25-11-13-30-14-12-25/h6-10,15-16H,4-5,11-14,17H2,1-3H3,(H,24,27). The number of aryl methyl sites for hydroxylation is 1. The minimum atomic E-state index is -3.61. The monoisotopic (exact) mass is 445 g/mol. The molecule has 1 N–H and O–H groups in total. The number of carbonyl (C=O) groups is 1. The Kier molecular flexibility index (Phi) is 7.83. The summed E-state index contributed by atoms with van der Waals surface area (Å²) in [5.74, 6) is -0.265. The van der Waals surface area contributed by atoms with Crippen LogP contribution in [-0.4, -0.2) is 62.9 Å². The number of amides is 1. The highest BCUT2D eigenvalue weighted by Crippen LogP contribution is 2.24. The zero-order chi connectivity index (χ0) is 22.4. The van der Waals surface area contributed by atoms with Gasteiger partial charge in [0.1, 0.15) is 0 Å². The molecule has 1 aliphatic heterocycles. The Labute approximate surface area is 185 Å². The van der Waals surface area contributed by atoms with Gasteiger partial charge in [-0.15, -0.1) is 0 Å². The third kappa shape index (κ3) is 5.71. The summed E-state index contributed by atoms with van der Waals surface area (Å²) in [6, 6.07) is 12.5. The van der Waals surface area contributed by atoms with Gasteiger partial charge in [-0.2, -0.15) is 4.31 Å². The molecule has 168 valence electrons. The number of rotatable bonds is 8. The van der Waals surface area contributed by atoms with Crippen LogP contribution in [0.2, 0.25) is 0 Å². The minimum Gasteiger partial charge on any atom is -0.379 e. The van der Waals surface area contributed by atoms with Crippen LogP contribution in [0.5, 0.6) is 0 Å². The summed E-state index contributed by atoms with van der Waals surface area (Å²) in [5, 5.41) is 2.85. The summed E-state index contributed by atoms with van der Waals surface area (Å²) in [4.78, 5) is 15.4. The Morgan fingerprint density at radius 3 is 2.48 bits per heavy atom. The Balaban J connectivity index is 1.77. The fraction of sp³-hybridized carbons (Fsp3) is 0.435. The number of benzene rings is 2. The molecule has 1 aliphatic rings. The molecule has 7 nitrogen and oxygen atoms in total. The van der Waals surface area contributed by atoms with E-state index in [1.54, 1.807) is 31.2 Å². The maximum atomic E-state index is 13.0. The number of sulfonamides is 1. The van der Waals surface area contributed by atoms with E-state index in [0.717, 1.165) is 38.4 Å². The van der Waals surface area contributed by atoms with Gasteiger partial charge in [-0.1, -0.05) is 32.0 Å². The average molecular weight is 446 g/mol. The quantitative estimate of drug-likeness (QED) is 0.676. The van der Waals surface area contributed by atoms with Gasteiger partial charge in [-0.3, -0.25) is 9.69 Å². The lowest BCUT2D eigenvalue weighted by atomic mass is 10.1. The van der Waals surface area contributed by atoms with Gasteiger partial charge in [-0.05, 0) is 42.3 Å². The van der Waals surface area contributed by atoms with Crippen molar-refractivity contribution < 1.29 is 17.9 Å². The van der Waals surface area contributed by atoms with Crippen LogP contribution in [0.4, 0.5) is 5.69 Å². The highest BCUT2D eigenvalue weighted by Gasteiger charge is 2.24. The molecule has 8 heteroatoms. The van der Waals surface area contributed by atoms with Gasteiger partial charge in [0.2, 0.25) is 10.0 Å². The van der Waals surface area contributed by atoms with Crippen LogP contribution in [0.25, 0.3) is 0 Å². The third-order valence-corrected chi connectivity index (χ3v) is 7.66. The SMILES string of the molecule is CCN(CC)S(=O)(=O)c1cc(NC(=O)c2cccc(CN3CCOCC3)c2)ccc1C. The van der Waals surface area contributed by atoms with Crippen molar-refractivity contribution in [3.05, 3.63) is 59.2 Å². The average Bonchev–Trinajstić information content (AvgIpc) is 2.76. The second-order valence-electron chi connectivity index (χ2n) is 7.61. The van der Waals surface area contributed by atoms with Crippen LogP contribution in [0.3, 0.4) is 0 Å². The molecular formula is C23H31N3O4S. The predicted octanol–water partition coefficient (Wildman–Crippen LogP) is 3.11. The third-order valence-electron chi connectivity index (χ3n) is 5.47. The van der Waals surface area contributed by atoms with E-state index in [2.05, 4.69) is 10.2 Å². The maximum absolute atomic E-state index is 13.0. The van der Waals surface area contributed by atoms with Crippen molar-refractivity contribution in [2.45, 2.75) is 32.2 Å². The van der Waals surface area contributed by atoms with Crippen LogP contribution in [-0.2, 0) is 21.3 Å². The van der Waals surface area contributed by atoms with E-state index in [1.807, 2.05) is 32.0 Å². The van der Waals surface area contributed by atoms with Gasteiger partial charge < -0.3 is 10.1 Å².